The Labute approximate surface area is 97.4 Å². The third kappa shape index (κ3) is 3.15. The molecule has 0 nitrogen and oxygen atoms in total. The topological polar surface area (TPSA) is 0 Å². The Morgan fingerprint density at radius 3 is 2.62 bits per heavy atom. The molecule has 2 atom stereocenters. The van der Waals surface area contributed by atoms with Gasteiger partial charge in [-0.1, -0.05) is 0 Å². The van der Waals surface area contributed by atoms with E-state index in [9.17, 15) is 0 Å². The van der Waals surface area contributed by atoms with Gasteiger partial charge in [-0.2, -0.15) is 0 Å². The molecule has 0 N–H and O–H groups in total. The molecule has 0 aromatic carbocycles. The van der Waals surface area contributed by atoms with Gasteiger partial charge in [-0.05, 0) is 0 Å². The minimum atomic E-state index is 0.747. The van der Waals surface area contributed by atoms with Crippen LogP contribution in [0.25, 0.3) is 0 Å². The van der Waals surface area contributed by atoms with Crippen molar-refractivity contribution in [2.45, 2.75) is 68.6 Å². The first-order valence-electron chi connectivity index (χ1n) is 5.95. The molecule has 1 aliphatic rings. The van der Waals surface area contributed by atoms with Crippen molar-refractivity contribution in [1.82, 2.24) is 0 Å². The average Bonchev–Trinajstić information content (AvgIpc) is 2.10. The molecule has 0 aromatic rings. The summed E-state index contributed by atoms with van der Waals surface area (Å²) in [5.41, 5.74) is 0. The Kier molecular flexibility index (Phi) is 5.16. The quantitative estimate of drug-likeness (QED) is 0.683. The molecule has 0 amide bonds. The summed E-state index contributed by atoms with van der Waals surface area (Å²) in [5.74, 6) is 1.06. The van der Waals surface area contributed by atoms with E-state index >= 15 is 0 Å². The van der Waals surface area contributed by atoms with Crippen LogP contribution in [0.1, 0.15) is 65.2 Å². The van der Waals surface area contributed by atoms with Gasteiger partial charge < -0.3 is 0 Å². The number of hydrogen-bond donors (Lipinski definition) is 0. The zero-order valence-electron chi connectivity index (χ0n) is 9.18. The Morgan fingerprint density at radius 2 is 2.00 bits per heavy atom. The maximum atomic E-state index is 2.34. The zero-order valence-corrected chi connectivity index (χ0v) is 11.7. The van der Waals surface area contributed by atoms with Crippen molar-refractivity contribution >= 4 is 23.0 Å². The van der Waals surface area contributed by atoms with Gasteiger partial charge in [0.1, 0.15) is 0 Å². The fraction of sp³-hybridized carbons (Fsp3) is 1.00. The summed E-state index contributed by atoms with van der Waals surface area (Å²) in [6, 6.07) is 0. The van der Waals surface area contributed by atoms with Crippen molar-refractivity contribution in [3.63, 3.8) is 0 Å². The fourth-order valence-corrected chi connectivity index (χ4v) is 4.64. The van der Waals surface area contributed by atoms with Gasteiger partial charge in [0.15, 0.2) is 0 Å². The van der Waals surface area contributed by atoms with E-state index < -0.39 is 0 Å². The Hall–Kier alpha value is 0.818. The molecule has 2 unspecified atom stereocenters. The first-order chi connectivity index (χ1) is 6.23. The van der Waals surface area contributed by atoms with Crippen LogP contribution < -0.4 is 0 Å². The van der Waals surface area contributed by atoms with Crippen LogP contribution in [-0.4, -0.2) is 23.0 Å². The van der Waals surface area contributed by atoms with E-state index in [1.165, 1.54) is 51.4 Å². The molecule has 0 aliphatic heterocycles. The van der Waals surface area contributed by atoms with Crippen LogP contribution in [0, 0.1) is 5.92 Å². The van der Waals surface area contributed by atoms with Gasteiger partial charge in [-0.15, -0.1) is 0 Å². The van der Waals surface area contributed by atoms with Crippen LogP contribution in [-0.2, 0) is 0 Å². The Morgan fingerprint density at radius 1 is 1.23 bits per heavy atom. The second-order valence-electron chi connectivity index (χ2n) is 4.58. The van der Waals surface area contributed by atoms with Gasteiger partial charge in [-0.25, -0.2) is 0 Å². The van der Waals surface area contributed by atoms with Gasteiger partial charge in [0.05, 0.1) is 0 Å². The molecule has 1 aliphatic carbocycles. The number of hydrogen-bond acceptors (Lipinski definition) is 0. The Bertz CT molecular complexity index is 138. The summed E-state index contributed by atoms with van der Waals surface area (Å²) in [4.78, 5) is 0. The molecule has 0 saturated heterocycles. The molecule has 1 heteroatoms. The van der Waals surface area contributed by atoms with Crippen LogP contribution in [0.3, 0.4) is 0 Å². The normalized spacial score (nSPS) is 34.8. The third-order valence-electron chi connectivity index (χ3n) is 3.49. The van der Waals surface area contributed by atoms with Crippen LogP contribution in [0.4, 0.5) is 0 Å². The van der Waals surface area contributed by atoms with Gasteiger partial charge >= 0.3 is 97.5 Å². The summed E-state index contributed by atoms with van der Waals surface area (Å²) in [6.07, 6.45) is 11.8. The summed E-state index contributed by atoms with van der Waals surface area (Å²) in [7, 11) is 0. The predicted octanol–water partition coefficient (Wildman–Crippen LogP) is 4.10. The van der Waals surface area contributed by atoms with Crippen molar-refractivity contribution < 1.29 is 0 Å². The van der Waals surface area contributed by atoms with Crippen LogP contribution in [0.15, 0.2) is 0 Å². The van der Waals surface area contributed by atoms with E-state index in [1.54, 1.807) is 0 Å². The second-order valence-corrected chi connectivity index (χ2v) is 7.13. The summed E-state index contributed by atoms with van der Waals surface area (Å²) in [6.45, 7) is 4.68. The van der Waals surface area contributed by atoms with Crippen molar-refractivity contribution in [2.75, 3.05) is 0 Å². The second kappa shape index (κ2) is 5.64. The van der Waals surface area contributed by atoms with E-state index in [0.29, 0.717) is 0 Å². The molecule has 1 rings (SSSR count). The molecule has 0 spiro atoms. The monoisotopic (exact) mass is 288 g/mol. The first-order valence-corrected chi connectivity index (χ1v) is 7.23. The molecule has 0 aromatic heterocycles. The molecule has 1 saturated carbocycles. The van der Waals surface area contributed by atoms with Crippen LogP contribution in [0.5, 0.6) is 0 Å². The standard InChI is InChI=1S/C12H23.Sb/c1-3-7-11-9-5-6-10-12(11)8-4-2;/h11H,3-10H2,1-2H3;. The van der Waals surface area contributed by atoms with E-state index in [1.807, 2.05) is 0 Å². The van der Waals surface area contributed by atoms with Gasteiger partial charge in [0.2, 0.25) is 0 Å². The summed E-state index contributed by atoms with van der Waals surface area (Å²) >= 11 is 2.14. The third-order valence-corrected chi connectivity index (χ3v) is 5.81. The van der Waals surface area contributed by atoms with E-state index in [0.717, 1.165) is 9.28 Å². The van der Waals surface area contributed by atoms with Crippen molar-refractivity contribution in [1.29, 1.82) is 0 Å². The molecular weight excluding hydrogens is 266 g/mol. The van der Waals surface area contributed by atoms with Gasteiger partial charge in [-0.3, -0.25) is 0 Å². The predicted molar refractivity (Wildman–Crippen MR) is 60.2 cm³/mol. The molecule has 2 radical (unpaired) electrons. The van der Waals surface area contributed by atoms with Gasteiger partial charge in [0.25, 0.3) is 0 Å². The zero-order chi connectivity index (χ0) is 9.73. The van der Waals surface area contributed by atoms with E-state index in [4.69, 9.17) is 0 Å². The van der Waals surface area contributed by atoms with Crippen molar-refractivity contribution in [2.24, 2.45) is 5.92 Å². The van der Waals surface area contributed by atoms with E-state index in [2.05, 4.69) is 36.9 Å². The maximum absolute atomic E-state index is 2.34. The summed E-state index contributed by atoms with van der Waals surface area (Å²) < 4.78 is 0.747. The molecule has 0 bridgehead atoms. The molecule has 76 valence electrons. The molecule has 13 heavy (non-hydrogen) atoms. The summed E-state index contributed by atoms with van der Waals surface area (Å²) in [5, 5.41) is 0. The SMILES string of the molecule is CCCC1CCCC[C]1([Sb])CCC. The minimum absolute atomic E-state index is 0.747. The molecule has 0 heterocycles. The van der Waals surface area contributed by atoms with Crippen LogP contribution >= 0.6 is 0 Å². The average molecular weight is 289 g/mol. The van der Waals surface area contributed by atoms with E-state index in [-0.39, 0.29) is 0 Å². The molecule has 1 fully saturated rings. The van der Waals surface area contributed by atoms with Crippen molar-refractivity contribution in [3.05, 3.63) is 0 Å². The van der Waals surface area contributed by atoms with Crippen molar-refractivity contribution in [3.8, 4) is 0 Å². The van der Waals surface area contributed by atoms with Crippen LogP contribution in [0.2, 0.25) is 3.36 Å². The Balaban J connectivity index is 2.54. The fourth-order valence-electron chi connectivity index (χ4n) is 2.82. The number of rotatable bonds is 4. The molecular formula is C12H23Sb. The first kappa shape index (κ1) is 11.9. The van der Waals surface area contributed by atoms with Gasteiger partial charge in [0, 0.05) is 0 Å².